The van der Waals surface area contributed by atoms with Gasteiger partial charge < -0.3 is 20.1 Å². The SMILES string of the molecule is CCCCC[C@H](O)CC[C@@H]1[C@H]2Cc3cccc(OCC(=O)O)c3C[C@H]2C[C@H]1[OH2+]. The van der Waals surface area contributed by atoms with Crippen molar-refractivity contribution in [1.82, 2.24) is 0 Å². The maximum Gasteiger partial charge on any atom is 0.341 e. The highest BCUT2D eigenvalue weighted by Crippen LogP contribution is 2.48. The van der Waals surface area contributed by atoms with Gasteiger partial charge in [-0.3, -0.25) is 0 Å². The summed E-state index contributed by atoms with van der Waals surface area (Å²) in [6.07, 6.45) is 8.48. The second-order valence-corrected chi connectivity index (χ2v) is 8.64. The van der Waals surface area contributed by atoms with Gasteiger partial charge in [-0.05, 0) is 61.1 Å². The Morgan fingerprint density at radius 1 is 1.29 bits per heavy atom. The molecule has 1 aromatic rings. The minimum absolute atomic E-state index is 0.0597. The molecule has 2 aliphatic rings. The lowest BCUT2D eigenvalue weighted by Crippen LogP contribution is -2.28. The number of carbonyl (C=O) groups is 1. The van der Waals surface area contributed by atoms with Gasteiger partial charge in [-0.2, -0.15) is 0 Å². The van der Waals surface area contributed by atoms with E-state index in [0.717, 1.165) is 50.5 Å². The second-order valence-electron chi connectivity index (χ2n) is 8.64. The number of benzene rings is 1. The molecule has 5 heteroatoms. The van der Waals surface area contributed by atoms with Crippen LogP contribution in [0.4, 0.5) is 0 Å². The number of aliphatic hydroxyl groups excluding tert-OH is 1. The molecule has 0 saturated heterocycles. The predicted octanol–water partition coefficient (Wildman–Crippen LogP) is 3.32. The van der Waals surface area contributed by atoms with E-state index in [1.165, 1.54) is 18.4 Å². The van der Waals surface area contributed by atoms with Gasteiger partial charge in [-0.15, -0.1) is 0 Å². The molecule has 3 rings (SSSR count). The van der Waals surface area contributed by atoms with E-state index in [1.54, 1.807) is 0 Å². The first kappa shape index (κ1) is 21.1. The van der Waals surface area contributed by atoms with Crippen LogP contribution < -0.4 is 4.74 Å². The zero-order valence-electron chi connectivity index (χ0n) is 16.9. The van der Waals surface area contributed by atoms with Gasteiger partial charge in [0, 0.05) is 12.3 Å². The first-order chi connectivity index (χ1) is 13.5. The van der Waals surface area contributed by atoms with Crippen LogP contribution >= 0.6 is 0 Å². The summed E-state index contributed by atoms with van der Waals surface area (Å²) >= 11 is 0. The van der Waals surface area contributed by atoms with Gasteiger partial charge in [-0.25, -0.2) is 4.79 Å². The standard InChI is InChI=1S/C23H34O5/c1-2-3-4-7-17(24)9-10-18-19-11-15-6-5-8-22(28-14-23(26)27)20(15)12-16(19)13-21(18)25/h5-6,8,16-19,21,24-25H,2-4,7,9-14H2,1H3,(H,26,27)/p+1/t16-,17-,18+,19-,21+/m0/s1. The molecule has 0 radical (unpaired) electrons. The van der Waals surface area contributed by atoms with E-state index in [1.807, 2.05) is 12.1 Å². The molecule has 0 spiro atoms. The molecule has 1 saturated carbocycles. The van der Waals surface area contributed by atoms with Crippen molar-refractivity contribution in [3.63, 3.8) is 0 Å². The molecule has 156 valence electrons. The van der Waals surface area contributed by atoms with E-state index in [9.17, 15) is 9.90 Å². The van der Waals surface area contributed by atoms with Gasteiger partial charge in [0.2, 0.25) is 0 Å². The van der Waals surface area contributed by atoms with Crippen LogP contribution in [-0.4, -0.2) is 40.1 Å². The topological polar surface area (TPSA) is 89.7 Å². The van der Waals surface area contributed by atoms with Crippen molar-refractivity contribution in [1.29, 1.82) is 0 Å². The largest absolute Gasteiger partial charge is 0.482 e. The van der Waals surface area contributed by atoms with Crippen molar-refractivity contribution >= 4 is 5.97 Å². The number of carboxylic acids is 1. The Morgan fingerprint density at radius 2 is 2.11 bits per heavy atom. The quantitative estimate of drug-likeness (QED) is 0.473. The van der Waals surface area contributed by atoms with Gasteiger partial charge in [0.25, 0.3) is 0 Å². The van der Waals surface area contributed by atoms with Crippen molar-refractivity contribution in [3.05, 3.63) is 29.3 Å². The van der Waals surface area contributed by atoms with Crippen molar-refractivity contribution in [2.45, 2.75) is 76.9 Å². The maximum atomic E-state index is 10.8. The summed E-state index contributed by atoms with van der Waals surface area (Å²) < 4.78 is 5.51. The number of unbranched alkanes of at least 4 members (excludes halogenated alkanes) is 2. The molecular weight excluding hydrogens is 356 g/mol. The van der Waals surface area contributed by atoms with E-state index in [4.69, 9.17) is 14.9 Å². The molecule has 28 heavy (non-hydrogen) atoms. The Morgan fingerprint density at radius 3 is 2.86 bits per heavy atom. The molecular formula is C23H35O5+. The minimum Gasteiger partial charge on any atom is -0.482 e. The van der Waals surface area contributed by atoms with Crippen LogP contribution in [0.1, 0.15) is 63.0 Å². The van der Waals surface area contributed by atoms with Crippen molar-refractivity contribution in [2.24, 2.45) is 17.8 Å². The zero-order chi connectivity index (χ0) is 20.1. The number of ether oxygens (including phenoxy) is 1. The second kappa shape index (κ2) is 9.75. The molecule has 2 aliphatic carbocycles. The number of aliphatic carboxylic acids is 1. The highest BCUT2D eigenvalue weighted by Gasteiger charge is 2.47. The first-order valence-corrected chi connectivity index (χ1v) is 10.8. The fourth-order valence-electron chi connectivity index (χ4n) is 5.28. The van der Waals surface area contributed by atoms with Gasteiger partial charge in [-0.1, -0.05) is 38.3 Å². The summed E-state index contributed by atoms with van der Waals surface area (Å²) in [6.45, 7) is 1.86. The summed E-state index contributed by atoms with van der Waals surface area (Å²) in [4.78, 5) is 10.8. The number of hydrogen-bond donors (Lipinski definition) is 2. The van der Waals surface area contributed by atoms with Crippen LogP contribution in [0.3, 0.4) is 0 Å². The lowest BCUT2D eigenvalue weighted by molar-refractivity contribution is -0.139. The van der Waals surface area contributed by atoms with Gasteiger partial charge in [0.15, 0.2) is 12.7 Å². The van der Waals surface area contributed by atoms with Crippen molar-refractivity contribution in [2.75, 3.05) is 6.61 Å². The monoisotopic (exact) mass is 391 g/mol. The van der Waals surface area contributed by atoms with Gasteiger partial charge >= 0.3 is 5.97 Å². The number of carboxylic acid groups (broad SMARTS) is 1. The summed E-state index contributed by atoms with van der Waals surface area (Å²) in [5.74, 6) is 1.03. The molecule has 5 nitrogen and oxygen atoms in total. The van der Waals surface area contributed by atoms with Crippen LogP contribution in [0.15, 0.2) is 18.2 Å². The molecule has 1 fully saturated rings. The van der Waals surface area contributed by atoms with E-state index in [-0.39, 0.29) is 18.8 Å². The molecule has 0 aliphatic heterocycles. The third-order valence-corrected chi connectivity index (χ3v) is 6.71. The van der Waals surface area contributed by atoms with Crippen molar-refractivity contribution < 1.29 is 24.9 Å². The van der Waals surface area contributed by atoms with E-state index in [0.29, 0.717) is 23.5 Å². The molecule has 0 heterocycles. The average Bonchev–Trinajstić information content (AvgIpc) is 2.97. The number of rotatable bonds is 10. The van der Waals surface area contributed by atoms with E-state index < -0.39 is 5.97 Å². The highest BCUT2D eigenvalue weighted by molar-refractivity contribution is 5.68. The summed E-state index contributed by atoms with van der Waals surface area (Å²) in [6, 6.07) is 5.92. The lowest BCUT2D eigenvalue weighted by Gasteiger charge is -2.31. The minimum atomic E-state index is -0.962. The van der Waals surface area contributed by atoms with Crippen molar-refractivity contribution in [3.8, 4) is 5.75 Å². The Hall–Kier alpha value is -1.59. The van der Waals surface area contributed by atoms with E-state index in [2.05, 4.69) is 13.0 Å². The lowest BCUT2D eigenvalue weighted by atomic mass is 9.73. The van der Waals surface area contributed by atoms with Crippen LogP contribution in [0, 0.1) is 17.8 Å². The average molecular weight is 392 g/mol. The normalized spacial score (nSPS) is 27.1. The molecule has 5 atom stereocenters. The Balaban J connectivity index is 1.62. The van der Waals surface area contributed by atoms with Gasteiger partial charge in [0.1, 0.15) is 5.75 Å². The van der Waals surface area contributed by atoms with Crippen LogP contribution in [-0.2, 0) is 17.6 Å². The fraction of sp³-hybridized carbons (Fsp3) is 0.696. The number of aliphatic hydroxyl groups is 1. The number of hydrogen-bond acceptors (Lipinski definition) is 3. The highest BCUT2D eigenvalue weighted by atomic mass is 16.5. The zero-order valence-corrected chi connectivity index (χ0v) is 16.9. The number of fused-ring (bicyclic) bond motifs is 2. The molecule has 0 amide bonds. The van der Waals surface area contributed by atoms with E-state index >= 15 is 0 Å². The van der Waals surface area contributed by atoms with Crippen LogP contribution in [0.25, 0.3) is 0 Å². The summed E-state index contributed by atoms with van der Waals surface area (Å²) in [5, 5.41) is 27.8. The molecule has 4 N–H and O–H groups in total. The van der Waals surface area contributed by atoms with Gasteiger partial charge in [0.05, 0.1) is 6.10 Å². The first-order valence-electron chi connectivity index (χ1n) is 10.8. The summed E-state index contributed by atoms with van der Waals surface area (Å²) in [7, 11) is 0. The smallest absolute Gasteiger partial charge is 0.341 e. The third kappa shape index (κ3) is 5.06. The van der Waals surface area contributed by atoms with Crippen LogP contribution in [0.2, 0.25) is 0 Å². The maximum absolute atomic E-state index is 10.8. The predicted molar refractivity (Wildman–Crippen MR) is 109 cm³/mol. The van der Waals surface area contributed by atoms with Crippen LogP contribution in [0.5, 0.6) is 5.75 Å². The third-order valence-electron chi connectivity index (χ3n) is 6.71. The summed E-state index contributed by atoms with van der Waals surface area (Å²) in [5.41, 5.74) is 2.38. The Bertz CT molecular complexity index is 658. The Labute approximate surface area is 167 Å². The molecule has 0 aromatic heterocycles. The molecule has 1 aromatic carbocycles. The molecule has 0 bridgehead atoms. The molecule has 0 unspecified atom stereocenters. The fourth-order valence-corrected chi connectivity index (χ4v) is 5.28. The Kier molecular flexibility index (Phi) is 7.36.